The Labute approximate surface area is 119 Å². The van der Waals surface area contributed by atoms with Crippen LogP contribution in [0.3, 0.4) is 0 Å². The zero-order valence-electron chi connectivity index (χ0n) is 10.4. The molecular weight excluding hydrogens is 262 g/mol. The van der Waals surface area contributed by atoms with Gasteiger partial charge in [-0.25, -0.2) is 0 Å². The fourth-order valence-corrected chi connectivity index (χ4v) is 1.96. The predicted octanol–water partition coefficient (Wildman–Crippen LogP) is 2.42. The highest BCUT2D eigenvalue weighted by molar-refractivity contribution is 5.85. The summed E-state index contributed by atoms with van der Waals surface area (Å²) >= 11 is 0. The molecule has 0 unspecified atom stereocenters. The molecule has 0 spiro atoms. The Morgan fingerprint density at radius 1 is 0.947 bits per heavy atom. The van der Waals surface area contributed by atoms with E-state index in [0.29, 0.717) is 12.0 Å². The standard InChI is InChI=1S/C15H17NO2.ClH/c16-15(12-8-4-5-9-13(12)17)14(18)10-11-6-2-1-3-7-11;/h1-9,14-15,17-18H,10,16H2;1H/t14-,15+;/m1./s1. The minimum absolute atomic E-state index is 0. The van der Waals surface area contributed by atoms with E-state index >= 15 is 0 Å². The van der Waals surface area contributed by atoms with Crippen LogP contribution in [-0.2, 0) is 6.42 Å². The Morgan fingerprint density at radius 3 is 2.16 bits per heavy atom. The summed E-state index contributed by atoms with van der Waals surface area (Å²) in [5, 5.41) is 19.8. The predicted molar refractivity (Wildman–Crippen MR) is 78.4 cm³/mol. The second kappa shape index (κ2) is 7.14. The van der Waals surface area contributed by atoms with E-state index in [1.54, 1.807) is 24.3 Å². The molecule has 102 valence electrons. The fourth-order valence-electron chi connectivity index (χ4n) is 1.96. The Bertz CT molecular complexity index is 505. The molecule has 2 atom stereocenters. The number of aliphatic hydroxyl groups excluding tert-OH is 1. The summed E-state index contributed by atoms with van der Waals surface area (Å²) < 4.78 is 0. The average Bonchev–Trinajstić information content (AvgIpc) is 2.39. The molecule has 4 N–H and O–H groups in total. The van der Waals surface area contributed by atoms with Crippen LogP contribution in [0.15, 0.2) is 54.6 Å². The van der Waals surface area contributed by atoms with E-state index in [9.17, 15) is 10.2 Å². The minimum atomic E-state index is -0.722. The maximum Gasteiger partial charge on any atom is 0.120 e. The molecule has 0 saturated heterocycles. The second-order valence-electron chi connectivity index (χ2n) is 4.34. The van der Waals surface area contributed by atoms with E-state index in [1.807, 2.05) is 30.3 Å². The Morgan fingerprint density at radius 2 is 1.53 bits per heavy atom. The van der Waals surface area contributed by atoms with Crippen molar-refractivity contribution in [3.8, 4) is 5.75 Å². The van der Waals surface area contributed by atoms with Crippen LogP contribution in [0.1, 0.15) is 17.2 Å². The number of phenols is 1. The number of phenolic OH excluding ortho intramolecular Hbond substituents is 1. The first-order chi connectivity index (χ1) is 8.68. The monoisotopic (exact) mass is 279 g/mol. The van der Waals surface area contributed by atoms with Crippen LogP contribution in [0.2, 0.25) is 0 Å². The number of aromatic hydroxyl groups is 1. The van der Waals surface area contributed by atoms with Crippen molar-refractivity contribution < 1.29 is 10.2 Å². The highest BCUT2D eigenvalue weighted by Crippen LogP contribution is 2.25. The number of hydrogen-bond acceptors (Lipinski definition) is 3. The van der Waals surface area contributed by atoms with Crippen LogP contribution in [0.4, 0.5) is 0 Å². The van der Waals surface area contributed by atoms with Crippen LogP contribution in [0.25, 0.3) is 0 Å². The summed E-state index contributed by atoms with van der Waals surface area (Å²) in [5.74, 6) is 0.122. The lowest BCUT2D eigenvalue weighted by atomic mass is 9.96. The van der Waals surface area contributed by atoms with Gasteiger partial charge in [-0.2, -0.15) is 0 Å². The van der Waals surface area contributed by atoms with Crippen molar-refractivity contribution in [1.29, 1.82) is 0 Å². The lowest BCUT2D eigenvalue weighted by Crippen LogP contribution is -2.28. The quantitative estimate of drug-likeness (QED) is 0.805. The molecule has 4 heteroatoms. The number of hydrogen-bond donors (Lipinski definition) is 3. The van der Waals surface area contributed by atoms with E-state index in [4.69, 9.17) is 5.73 Å². The fraction of sp³-hybridized carbons (Fsp3) is 0.200. The van der Waals surface area contributed by atoms with Crippen LogP contribution < -0.4 is 5.73 Å². The molecule has 19 heavy (non-hydrogen) atoms. The van der Waals surface area contributed by atoms with Crippen LogP contribution in [-0.4, -0.2) is 16.3 Å². The summed E-state index contributed by atoms with van der Waals surface area (Å²) in [6.45, 7) is 0. The Kier molecular flexibility index (Phi) is 5.83. The van der Waals surface area contributed by atoms with Crippen LogP contribution in [0.5, 0.6) is 5.75 Å². The third-order valence-electron chi connectivity index (χ3n) is 3.00. The molecule has 3 nitrogen and oxygen atoms in total. The van der Waals surface area contributed by atoms with Crippen molar-refractivity contribution in [2.75, 3.05) is 0 Å². The lowest BCUT2D eigenvalue weighted by Gasteiger charge is -2.20. The number of aliphatic hydroxyl groups is 1. The van der Waals surface area contributed by atoms with Gasteiger partial charge in [0.1, 0.15) is 5.75 Å². The number of rotatable bonds is 4. The van der Waals surface area contributed by atoms with E-state index < -0.39 is 12.1 Å². The van der Waals surface area contributed by atoms with Crippen molar-refractivity contribution in [3.63, 3.8) is 0 Å². The van der Waals surface area contributed by atoms with Gasteiger partial charge in [0.15, 0.2) is 0 Å². The Balaban J connectivity index is 0.00000180. The second-order valence-corrected chi connectivity index (χ2v) is 4.34. The first-order valence-electron chi connectivity index (χ1n) is 5.94. The van der Waals surface area contributed by atoms with Crippen LogP contribution in [0, 0.1) is 0 Å². The molecule has 0 aliphatic heterocycles. The van der Waals surface area contributed by atoms with E-state index in [1.165, 1.54) is 0 Å². The van der Waals surface area contributed by atoms with Gasteiger partial charge in [-0.15, -0.1) is 12.4 Å². The largest absolute Gasteiger partial charge is 0.508 e. The molecule has 0 aromatic heterocycles. The molecule has 2 aromatic rings. The normalized spacial score (nSPS) is 13.4. The highest BCUT2D eigenvalue weighted by atomic mass is 35.5. The maximum absolute atomic E-state index is 10.1. The van der Waals surface area contributed by atoms with Gasteiger partial charge >= 0.3 is 0 Å². The summed E-state index contributed by atoms with van der Waals surface area (Å²) in [6, 6.07) is 15.9. The molecule has 0 heterocycles. The third kappa shape index (κ3) is 3.96. The van der Waals surface area contributed by atoms with Gasteiger partial charge in [0.05, 0.1) is 12.1 Å². The number of para-hydroxylation sites is 1. The molecule has 0 saturated carbocycles. The van der Waals surface area contributed by atoms with Gasteiger partial charge in [-0.05, 0) is 11.6 Å². The van der Waals surface area contributed by atoms with Gasteiger partial charge in [0.2, 0.25) is 0 Å². The summed E-state index contributed by atoms with van der Waals surface area (Å²) in [4.78, 5) is 0. The zero-order chi connectivity index (χ0) is 13.0. The maximum atomic E-state index is 10.1. The van der Waals surface area contributed by atoms with Gasteiger partial charge in [0.25, 0.3) is 0 Å². The average molecular weight is 280 g/mol. The molecule has 2 rings (SSSR count). The smallest absolute Gasteiger partial charge is 0.120 e. The highest BCUT2D eigenvalue weighted by Gasteiger charge is 2.19. The van der Waals surface area contributed by atoms with E-state index in [-0.39, 0.29) is 18.2 Å². The molecule has 0 fully saturated rings. The molecule has 0 aliphatic rings. The van der Waals surface area contributed by atoms with Crippen molar-refractivity contribution in [2.24, 2.45) is 5.73 Å². The third-order valence-corrected chi connectivity index (χ3v) is 3.00. The SMILES string of the molecule is Cl.N[C@@H](c1ccccc1O)[C@H](O)Cc1ccccc1. The summed E-state index contributed by atoms with van der Waals surface area (Å²) in [5.41, 5.74) is 7.57. The lowest BCUT2D eigenvalue weighted by molar-refractivity contribution is 0.144. The molecule has 0 amide bonds. The van der Waals surface area contributed by atoms with Crippen molar-refractivity contribution in [1.82, 2.24) is 0 Å². The van der Waals surface area contributed by atoms with Crippen molar-refractivity contribution in [2.45, 2.75) is 18.6 Å². The molecule has 0 aliphatic carbocycles. The summed E-state index contributed by atoms with van der Waals surface area (Å²) in [6.07, 6.45) is -0.253. The van der Waals surface area contributed by atoms with E-state index in [2.05, 4.69) is 0 Å². The van der Waals surface area contributed by atoms with Gasteiger partial charge < -0.3 is 15.9 Å². The molecule has 0 radical (unpaired) electrons. The number of nitrogens with two attached hydrogens (primary N) is 1. The number of benzene rings is 2. The first kappa shape index (κ1) is 15.5. The van der Waals surface area contributed by atoms with Gasteiger partial charge in [-0.1, -0.05) is 48.5 Å². The zero-order valence-corrected chi connectivity index (χ0v) is 11.3. The van der Waals surface area contributed by atoms with Gasteiger partial charge in [-0.3, -0.25) is 0 Å². The topological polar surface area (TPSA) is 66.5 Å². The Hall–Kier alpha value is -1.55. The molecular formula is C15H18ClNO2. The first-order valence-corrected chi connectivity index (χ1v) is 5.94. The van der Waals surface area contributed by atoms with Crippen LogP contribution >= 0.6 is 12.4 Å². The van der Waals surface area contributed by atoms with Gasteiger partial charge in [0, 0.05) is 12.0 Å². The number of halogens is 1. The summed E-state index contributed by atoms with van der Waals surface area (Å²) in [7, 11) is 0. The minimum Gasteiger partial charge on any atom is -0.508 e. The van der Waals surface area contributed by atoms with E-state index in [0.717, 1.165) is 5.56 Å². The van der Waals surface area contributed by atoms with Crippen molar-refractivity contribution >= 4 is 12.4 Å². The van der Waals surface area contributed by atoms with Crippen molar-refractivity contribution in [3.05, 3.63) is 65.7 Å². The molecule has 2 aromatic carbocycles. The molecule has 0 bridgehead atoms.